The Bertz CT molecular complexity index is 91.1. The van der Waals surface area contributed by atoms with Crippen LogP contribution in [0.4, 0.5) is 0 Å². The molecule has 1 aliphatic heterocycles. The Labute approximate surface area is 61.3 Å². The van der Waals surface area contributed by atoms with Crippen LogP contribution >= 0.6 is 0 Å². The Morgan fingerprint density at radius 3 is 3.25 bits per heavy atom. The molecule has 0 aromatic rings. The molecule has 0 bridgehead atoms. The van der Waals surface area contributed by atoms with Crippen molar-refractivity contribution < 1.29 is 0 Å². The van der Waals surface area contributed by atoms with Crippen molar-refractivity contribution >= 4 is 26.3 Å². The van der Waals surface area contributed by atoms with E-state index in [1.165, 1.54) is 11.7 Å². The van der Waals surface area contributed by atoms with Crippen molar-refractivity contribution in [2.75, 3.05) is 0 Å². The average Bonchev–Trinajstić information content (AvgIpc) is 1.62. The maximum atomic E-state index is 2.32. The Morgan fingerprint density at radius 2 is 2.25 bits per heavy atom. The van der Waals surface area contributed by atoms with E-state index in [4.69, 9.17) is 0 Å². The minimum atomic E-state index is 0.859. The molecule has 1 heterocycles. The van der Waals surface area contributed by atoms with E-state index in [2.05, 4.69) is 23.2 Å². The molecule has 0 saturated carbocycles. The van der Waals surface area contributed by atoms with Crippen molar-refractivity contribution in [2.24, 2.45) is 0 Å². The van der Waals surface area contributed by atoms with Gasteiger partial charge >= 0.3 is 61.2 Å². The standard InChI is InChI=1S/C6H8Se2/c1-2-4-6-8-7-5-3-1/h1-3,5H,4,6H2. The second-order valence-electron chi connectivity index (χ2n) is 1.46. The molecule has 0 N–H and O–H groups in total. The zero-order chi connectivity index (χ0) is 5.66. The van der Waals surface area contributed by atoms with Crippen LogP contribution in [0.25, 0.3) is 0 Å². The first-order valence-electron chi connectivity index (χ1n) is 2.60. The normalized spacial score (nSPS) is 20.0. The van der Waals surface area contributed by atoms with Gasteiger partial charge in [-0.2, -0.15) is 0 Å². The molecule has 0 aromatic carbocycles. The minimum absolute atomic E-state index is 0.859. The molecular weight excluding hydrogens is 230 g/mol. The molecule has 2 heteroatoms. The third-order valence-corrected chi connectivity index (χ3v) is 7.02. The van der Waals surface area contributed by atoms with E-state index in [9.17, 15) is 0 Å². The van der Waals surface area contributed by atoms with Crippen molar-refractivity contribution in [2.45, 2.75) is 11.7 Å². The topological polar surface area (TPSA) is 0 Å². The number of hydrogen-bond acceptors (Lipinski definition) is 0. The van der Waals surface area contributed by atoms with Crippen molar-refractivity contribution in [3.05, 3.63) is 23.2 Å². The summed E-state index contributed by atoms with van der Waals surface area (Å²) in [6.45, 7) is 0. The number of allylic oxidation sites excluding steroid dienone is 3. The molecule has 0 saturated heterocycles. The zero-order valence-corrected chi connectivity index (χ0v) is 7.97. The summed E-state index contributed by atoms with van der Waals surface area (Å²) in [7, 11) is 0. The van der Waals surface area contributed by atoms with Gasteiger partial charge in [-0.15, -0.1) is 0 Å². The Balaban J connectivity index is 2.33. The molecule has 0 unspecified atom stereocenters. The summed E-state index contributed by atoms with van der Waals surface area (Å²) >= 11 is 1.81. The van der Waals surface area contributed by atoms with Crippen LogP contribution in [-0.4, -0.2) is 26.3 Å². The molecule has 0 atom stereocenters. The fourth-order valence-corrected chi connectivity index (χ4v) is 5.29. The summed E-state index contributed by atoms with van der Waals surface area (Å²) in [6, 6.07) is 0. The molecule has 0 spiro atoms. The van der Waals surface area contributed by atoms with Gasteiger partial charge in [-0.3, -0.25) is 0 Å². The third kappa shape index (κ3) is 2.74. The average molecular weight is 238 g/mol. The second kappa shape index (κ2) is 4.40. The van der Waals surface area contributed by atoms with Gasteiger partial charge < -0.3 is 0 Å². The van der Waals surface area contributed by atoms with E-state index in [0.29, 0.717) is 0 Å². The van der Waals surface area contributed by atoms with E-state index < -0.39 is 0 Å². The van der Waals surface area contributed by atoms with E-state index in [-0.39, 0.29) is 0 Å². The molecule has 0 fully saturated rings. The SMILES string of the molecule is C1=CCC[Se][Se]C=C1. The van der Waals surface area contributed by atoms with Crippen LogP contribution < -0.4 is 0 Å². The zero-order valence-electron chi connectivity index (χ0n) is 4.54. The summed E-state index contributed by atoms with van der Waals surface area (Å²) in [5, 5.41) is 1.45. The molecule has 1 aliphatic rings. The van der Waals surface area contributed by atoms with Gasteiger partial charge in [0.05, 0.1) is 0 Å². The van der Waals surface area contributed by atoms with Crippen LogP contribution in [-0.2, 0) is 0 Å². The van der Waals surface area contributed by atoms with Crippen LogP contribution in [0.2, 0.25) is 5.32 Å². The molecule has 0 radical (unpaired) electrons. The fourth-order valence-electron chi connectivity index (χ4n) is 0.456. The van der Waals surface area contributed by atoms with Gasteiger partial charge in [-0.1, -0.05) is 0 Å². The quantitative estimate of drug-likeness (QED) is 0.556. The monoisotopic (exact) mass is 240 g/mol. The van der Waals surface area contributed by atoms with Crippen LogP contribution in [0, 0.1) is 0 Å². The van der Waals surface area contributed by atoms with Crippen molar-refractivity contribution in [3.8, 4) is 0 Å². The molecule has 1 rings (SSSR count). The van der Waals surface area contributed by atoms with Gasteiger partial charge in [0.25, 0.3) is 0 Å². The number of hydrogen-bond donors (Lipinski definition) is 0. The predicted octanol–water partition coefficient (Wildman–Crippen LogP) is 1.20. The molecule has 8 heavy (non-hydrogen) atoms. The second-order valence-corrected chi connectivity index (χ2v) is 8.46. The molecular formula is C6H8Se2. The van der Waals surface area contributed by atoms with Crippen molar-refractivity contribution in [1.82, 2.24) is 0 Å². The van der Waals surface area contributed by atoms with E-state index in [1.807, 2.05) is 0 Å². The van der Waals surface area contributed by atoms with Crippen LogP contribution in [0.5, 0.6) is 0 Å². The molecule has 0 aliphatic carbocycles. The molecule has 0 nitrogen and oxygen atoms in total. The van der Waals surface area contributed by atoms with Gasteiger partial charge in [0, 0.05) is 0 Å². The summed E-state index contributed by atoms with van der Waals surface area (Å²) in [5.74, 6) is 0. The van der Waals surface area contributed by atoms with Crippen LogP contribution in [0.3, 0.4) is 0 Å². The summed E-state index contributed by atoms with van der Waals surface area (Å²) in [6.07, 6.45) is 7.91. The van der Waals surface area contributed by atoms with Crippen LogP contribution in [0.15, 0.2) is 23.2 Å². The van der Waals surface area contributed by atoms with Gasteiger partial charge in [0.15, 0.2) is 0 Å². The van der Waals surface area contributed by atoms with Crippen molar-refractivity contribution in [1.29, 1.82) is 0 Å². The molecule has 0 amide bonds. The first-order chi connectivity index (χ1) is 4.00. The van der Waals surface area contributed by atoms with Crippen LogP contribution in [0.1, 0.15) is 6.42 Å². The van der Waals surface area contributed by atoms with Gasteiger partial charge in [-0.05, 0) is 0 Å². The Hall–Kier alpha value is 0.519. The molecule has 44 valence electrons. The summed E-state index contributed by atoms with van der Waals surface area (Å²) in [4.78, 5) is 2.32. The fraction of sp³-hybridized carbons (Fsp3) is 0.333. The van der Waals surface area contributed by atoms with Crippen molar-refractivity contribution in [3.63, 3.8) is 0 Å². The molecule has 0 aromatic heterocycles. The Kier molecular flexibility index (Phi) is 3.65. The first-order valence-corrected chi connectivity index (χ1v) is 9.13. The first kappa shape index (κ1) is 6.64. The third-order valence-electron chi connectivity index (χ3n) is 0.817. The van der Waals surface area contributed by atoms with E-state index in [0.717, 1.165) is 26.3 Å². The van der Waals surface area contributed by atoms with Gasteiger partial charge in [0.1, 0.15) is 0 Å². The van der Waals surface area contributed by atoms with Gasteiger partial charge in [0.2, 0.25) is 0 Å². The maximum absolute atomic E-state index is 2.32. The van der Waals surface area contributed by atoms with E-state index >= 15 is 0 Å². The van der Waals surface area contributed by atoms with E-state index in [1.54, 1.807) is 0 Å². The predicted molar refractivity (Wildman–Crippen MR) is 39.2 cm³/mol. The Morgan fingerprint density at radius 1 is 1.25 bits per heavy atom. The number of rotatable bonds is 0. The summed E-state index contributed by atoms with van der Waals surface area (Å²) in [5.41, 5.74) is 0. The van der Waals surface area contributed by atoms with Gasteiger partial charge in [-0.25, -0.2) is 0 Å². The summed E-state index contributed by atoms with van der Waals surface area (Å²) < 4.78 is 0.